The molecule has 18 heavy (non-hydrogen) atoms. The van der Waals surface area contributed by atoms with Gasteiger partial charge in [0.15, 0.2) is 9.84 Å². The van der Waals surface area contributed by atoms with Crippen LogP contribution in [0.1, 0.15) is 26.2 Å². The van der Waals surface area contributed by atoms with E-state index in [-0.39, 0.29) is 23.6 Å². The van der Waals surface area contributed by atoms with Gasteiger partial charge in [0, 0.05) is 18.6 Å². The summed E-state index contributed by atoms with van der Waals surface area (Å²) in [6, 6.07) is -0.0779. The number of likely N-dealkylation sites (tertiary alicyclic amines) is 1. The van der Waals surface area contributed by atoms with Crippen LogP contribution in [0.15, 0.2) is 0 Å². The molecule has 6 heteroatoms. The molecule has 2 N–H and O–H groups in total. The van der Waals surface area contributed by atoms with Gasteiger partial charge < -0.3 is 15.3 Å². The molecular weight excluding hydrogens is 252 g/mol. The fraction of sp³-hybridized carbons (Fsp3) is 1.00. The van der Waals surface area contributed by atoms with Crippen molar-refractivity contribution >= 4 is 9.84 Å². The number of nitrogens with zero attached hydrogens (tertiary/aromatic N) is 1. The summed E-state index contributed by atoms with van der Waals surface area (Å²) in [6.45, 7) is 5.27. The molecule has 0 radical (unpaired) electrons. The lowest BCUT2D eigenvalue weighted by Crippen LogP contribution is -2.49. The molecule has 0 aromatic heterocycles. The number of sulfone groups is 1. The van der Waals surface area contributed by atoms with Gasteiger partial charge in [-0.15, -0.1) is 0 Å². The molecule has 0 aromatic carbocycles. The Morgan fingerprint density at radius 1 is 1.28 bits per heavy atom. The highest BCUT2D eigenvalue weighted by Crippen LogP contribution is 2.14. The molecule has 2 fully saturated rings. The minimum atomic E-state index is -3.05. The number of rotatable bonds is 4. The van der Waals surface area contributed by atoms with E-state index in [0.29, 0.717) is 0 Å². The topological polar surface area (TPSA) is 69.6 Å². The van der Waals surface area contributed by atoms with Crippen LogP contribution in [0, 0.1) is 0 Å². The molecule has 0 spiro atoms. The SMILES string of the molecule is CC(CN1CCCCC1)NC1CS(=O)(=O)CC1O. The predicted octanol–water partition coefficient (Wildman–Crippen LogP) is -0.392. The van der Waals surface area contributed by atoms with E-state index in [1.54, 1.807) is 0 Å². The van der Waals surface area contributed by atoms with Crippen molar-refractivity contribution < 1.29 is 13.5 Å². The zero-order chi connectivity index (χ0) is 13.2. The first-order chi connectivity index (χ1) is 8.46. The van der Waals surface area contributed by atoms with E-state index in [2.05, 4.69) is 17.1 Å². The van der Waals surface area contributed by atoms with Gasteiger partial charge in [-0.1, -0.05) is 6.42 Å². The summed E-state index contributed by atoms with van der Waals surface area (Å²) in [6.07, 6.45) is 3.08. The van der Waals surface area contributed by atoms with Crippen LogP contribution in [0.5, 0.6) is 0 Å². The number of nitrogens with one attached hydrogen (secondary N) is 1. The summed E-state index contributed by atoms with van der Waals surface area (Å²) in [5, 5.41) is 13.0. The highest BCUT2D eigenvalue weighted by atomic mass is 32.2. The first-order valence-electron chi connectivity index (χ1n) is 6.83. The third kappa shape index (κ3) is 3.91. The van der Waals surface area contributed by atoms with Gasteiger partial charge in [-0.2, -0.15) is 0 Å². The summed E-state index contributed by atoms with van der Waals surface area (Å²) < 4.78 is 22.8. The molecule has 0 aromatic rings. The largest absolute Gasteiger partial charge is 0.390 e. The van der Waals surface area contributed by atoms with Gasteiger partial charge in [0.25, 0.3) is 0 Å². The van der Waals surface area contributed by atoms with Gasteiger partial charge in [-0.3, -0.25) is 0 Å². The number of aliphatic hydroxyl groups excluding tert-OH is 1. The van der Waals surface area contributed by atoms with E-state index in [1.807, 2.05) is 0 Å². The molecule has 3 unspecified atom stereocenters. The Kier molecular flexibility index (Phi) is 4.64. The second-order valence-corrected chi connectivity index (χ2v) is 7.83. The number of piperidine rings is 1. The Morgan fingerprint density at radius 2 is 1.94 bits per heavy atom. The fourth-order valence-corrected chi connectivity index (χ4v) is 4.69. The number of aliphatic hydroxyl groups is 1. The maximum atomic E-state index is 11.4. The average molecular weight is 276 g/mol. The van der Waals surface area contributed by atoms with Crippen molar-refractivity contribution in [1.29, 1.82) is 0 Å². The second-order valence-electron chi connectivity index (χ2n) is 5.68. The van der Waals surface area contributed by atoms with E-state index >= 15 is 0 Å². The van der Waals surface area contributed by atoms with E-state index in [1.165, 1.54) is 19.3 Å². The van der Waals surface area contributed by atoms with Crippen LogP contribution in [0.4, 0.5) is 0 Å². The molecule has 0 bridgehead atoms. The van der Waals surface area contributed by atoms with E-state index in [0.717, 1.165) is 19.6 Å². The quantitative estimate of drug-likeness (QED) is 0.732. The molecule has 2 aliphatic heterocycles. The second kappa shape index (κ2) is 5.86. The smallest absolute Gasteiger partial charge is 0.154 e. The molecule has 5 nitrogen and oxygen atoms in total. The molecule has 2 rings (SSSR count). The Balaban J connectivity index is 1.78. The third-order valence-corrected chi connectivity index (χ3v) is 5.52. The zero-order valence-corrected chi connectivity index (χ0v) is 11.8. The number of hydrogen-bond acceptors (Lipinski definition) is 5. The maximum absolute atomic E-state index is 11.4. The van der Waals surface area contributed by atoms with Crippen LogP contribution in [0.3, 0.4) is 0 Å². The molecular formula is C12H24N2O3S. The van der Waals surface area contributed by atoms with Crippen molar-refractivity contribution in [3.05, 3.63) is 0 Å². The van der Waals surface area contributed by atoms with Gasteiger partial charge >= 0.3 is 0 Å². The lowest BCUT2D eigenvalue weighted by atomic mass is 10.1. The van der Waals surface area contributed by atoms with Crippen LogP contribution in [-0.4, -0.2) is 67.8 Å². The predicted molar refractivity (Wildman–Crippen MR) is 71.3 cm³/mol. The maximum Gasteiger partial charge on any atom is 0.154 e. The van der Waals surface area contributed by atoms with E-state index in [4.69, 9.17) is 0 Å². The van der Waals surface area contributed by atoms with Crippen molar-refractivity contribution in [1.82, 2.24) is 10.2 Å². The Morgan fingerprint density at radius 3 is 2.50 bits per heavy atom. The van der Waals surface area contributed by atoms with Crippen molar-refractivity contribution in [2.45, 2.75) is 44.4 Å². The van der Waals surface area contributed by atoms with Gasteiger partial charge in [0.1, 0.15) is 0 Å². The summed E-state index contributed by atoms with van der Waals surface area (Å²) in [7, 11) is -3.05. The average Bonchev–Trinajstić information content (AvgIpc) is 2.53. The molecule has 0 aliphatic carbocycles. The summed E-state index contributed by atoms with van der Waals surface area (Å²) >= 11 is 0. The Labute approximate surface area is 109 Å². The van der Waals surface area contributed by atoms with E-state index < -0.39 is 15.9 Å². The molecule has 0 saturated carbocycles. The van der Waals surface area contributed by atoms with Crippen molar-refractivity contribution in [2.24, 2.45) is 0 Å². The molecule has 106 valence electrons. The highest BCUT2D eigenvalue weighted by molar-refractivity contribution is 7.91. The van der Waals surface area contributed by atoms with Crippen molar-refractivity contribution in [3.8, 4) is 0 Å². The van der Waals surface area contributed by atoms with Gasteiger partial charge in [-0.05, 0) is 32.9 Å². The lowest BCUT2D eigenvalue weighted by molar-refractivity contribution is 0.147. The van der Waals surface area contributed by atoms with Crippen LogP contribution in [0.25, 0.3) is 0 Å². The monoisotopic (exact) mass is 276 g/mol. The molecule has 0 amide bonds. The highest BCUT2D eigenvalue weighted by Gasteiger charge is 2.36. The normalized spacial score (nSPS) is 34.6. The molecule has 2 heterocycles. The summed E-state index contributed by atoms with van der Waals surface area (Å²) in [5.74, 6) is -0.0282. The standard InChI is InChI=1S/C12H24N2O3S/c1-10(7-14-5-3-2-4-6-14)13-11-8-18(16,17)9-12(11)15/h10-13,15H,2-9H2,1H3. The Bertz CT molecular complexity index is 366. The molecule has 3 atom stereocenters. The first kappa shape index (κ1) is 14.2. The minimum absolute atomic E-state index is 0.0680. The lowest BCUT2D eigenvalue weighted by Gasteiger charge is -2.31. The van der Waals surface area contributed by atoms with E-state index in [9.17, 15) is 13.5 Å². The van der Waals surface area contributed by atoms with Gasteiger partial charge in [0.05, 0.1) is 17.6 Å². The van der Waals surface area contributed by atoms with Crippen LogP contribution in [0.2, 0.25) is 0 Å². The van der Waals surface area contributed by atoms with Crippen LogP contribution in [-0.2, 0) is 9.84 Å². The van der Waals surface area contributed by atoms with Crippen LogP contribution < -0.4 is 5.32 Å². The number of hydrogen-bond donors (Lipinski definition) is 2. The van der Waals surface area contributed by atoms with Crippen molar-refractivity contribution in [3.63, 3.8) is 0 Å². The minimum Gasteiger partial charge on any atom is -0.390 e. The van der Waals surface area contributed by atoms with Gasteiger partial charge in [0.2, 0.25) is 0 Å². The summed E-state index contributed by atoms with van der Waals surface area (Å²) in [5.41, 5.74) is 0. The van der Waals surface area contributed by atoms with Crippen molar-refractivity contribution in [2.75, 3.05) is 31.1 Å². The molecule has 2 aliphatic rings. The molecule has 2 saturated heterocycles. The summed E-state index contributed by atoms with van der Waals surface area (Å²) in [4.78, 5) is 2.41. The fourth-order valence-electron chi connectivity index (χ4n) is 2.94. The van der Waals surface area contributed by atoms with Gasteiger partial charge in [-0.25, -0.2) is 8.42 Å². The Hall–Kier alpha value is -0.170. The third-order valence-electron chi connectivity index (χ3n) is 3.80. The first-order valence-corrected chi connectivity index (χ1v) is 8.65. The van der Waals surface area contributed by atoms with Crippen LogP contribution >= 0.6 is 0 Å². The zero-order valence-electron chi connectivity index (χ0n) is 11.0.